The van der Waals surface area contributed by atoms with Crippen molar-refractivity contribution in [3.63, 3.8) is 0 Å². The number of ether oxygens (including phenoxy) is 1. The van der Waals surface area contributed by atoms with Gasteiger partial charge in [-0.15, -0.1) is 0 Å². The second-order valence-corrected chi connectivity index (χ2v) is 6.72. The number of benzene rings is 2. The number of carbonyl (C=O) groups excluding carboxylic acids is 2. The van der Waals surface area contributed by atoms with Crippen LogP contribution in [0.4, 0.5) is 0 Å². The lowest BCUT2D eigenvalue weighted by molar-refractivity contribution is -0.130. The van der Waals surface area contributed by atoms with Crippen molar-refractivity contribution >= 4 is 11.9 Å². The van der Waals surface area contributed by atoms with E-state index in [-0.39, 0.29) is 23.3 Å². The number of hydrogen-bond donors (Lipinski definition) is 2. The van der Waals surface area contributed by atoms with E-state index in [2.05, 4.69) is 11.4 Å². The number of phenols is 1. The zero-order valence-electron chi connectivity index (χ0n) is 15.0. The van der Waals surface area contributed by atoms with Crippen LogP contribution in [0.3, 0.4) is 0 Å². The highest BCUT2D eigenvalue weighted by molar-refractivity contribution is 5.94. The van der Waals surface area contributed by atoms with Crippen LogP contribution in [-0.4, -0.2) is 23.1 Å². The van der Waals surface area contributed by atoms with Crippen LogP contribution in [0.1, 0.15) is 52.9 Å². The number of aryl methyl sites for hydroxylation is 2. The maximum Gasteiger partial charge on any atom is 0.342 e. The largest absolute Gasteiger partial charge is 0.507 e. The predicted octanol–water partition coefficient (Wildman–Crippen LogP) is 3.44. The summed E-state index contributed by atoms with van der Waals surface area (Å²) in [5.41, 5.74) is 3.26. The van der Waals surface area contributed by atoms with Crippen molar-refractivity contribution in [1.82, 2.24) is 5.32 Å². The first-order valence-corrected chi connectivity index (χ1v) is 8.84. The number of amides is 1. The van der Waals surface area contributed by atoms with E-state index in [0.717, 1.165) is 30.4 Å². The van der Waals surface area contributed by atoms with E-state index in [1.807, 2.05) is 25.1 Å². The molecule has 0 heterocycles. The third kappa shape index (κ3) is 3.87. The van der Waals surface area contributed by atoms with E-state index in [0.29, 0.717) is 0 Å². The Bertz CT molecular complexity index is 831. The Balaban J connectivity index is 1.65. The summed E-state index contributed by atoms with van der Waals surface area (Å²) >= 11 is 0. The molecule has 26 heavy (non-hydrogen) atoms. The summed E-state index contributed by atoms with van der Waals surface area (Å²) in [6.07, 6.45) is 1.94. The van der Waals surface area contributed by atoms with Crippen molar-refractivity contribution in [2.45, 2.75) is 45.3 Å². The molecule has 1 aliphatic rings. The molecule has 2 aromatic carbocycles. The van der Waals surface area contributed by atoms with Crippen molar-refractivity contribution in [2.75, 3.05) is 0 Å². The highest BCUT2D eigenvalue weighted by atomic mass is 16.5. The van der Waals surface area contributed by atoms with E-state index in [9.17, 15) is 14.7 Å². The van der Waals surface area contributed by atoms with E-state index >= 15 is 0 Å². The average molecular weight is 353 g/mol. The molecule has 0 spiro atoms. The zero-order valence-corrected chi connectivity index (χ0v) is 15.0. The molecule has 2 atom stereocenters. The van der Waals surface area contributed by atoms with Gasteiger partial charge >= 0.3 is 5.97 Å². The smallest absolute Gasteiger partial charge is 0.342 e. The number of phenolic OH excluding ortho intramolecular Hbond substituents is 1. The Morgan fingerprint density at radius 2 is 2.00 bits per heavy atom. The van der Waals surface area contributed by atoms with Crippen LogP contribution < -0.4 is 5.32 Å². The maximum atomic E-state index is 12.5. The normalized spacial score (nSPS) is 17.1. The monoisotopic (exact) mass is 353 g/mol. The van der Waals surface area contributed by atoms with Gasteiger partial charge in [-0.2, -0.15) is 0 Å². The quantitative estimate of drug-likeness (QED) is 0.826. The van der Waals surface area contributed by atoms with Crippen molar-refractivity contribution < 1.29 is 19.4 Å². The SMILES string of the molecule is Cc1ccc(O)c(C(=O)O[C@@H](C)C(=O)N[C@H]2CCCc3ccccc32)c1. The van der Waals surface area contributed by atoms with Gasteiger partial charge in [0.2, 0.25) is 0 Å². The molecule has 2 N–H and O–H groups in total. The zero-order chi connectivity index (χ0) is 18.7. The van der Waals surface area contributed by atoms with Gasteiger partial charge in [-0.05, 0) is 56.4 Å². The summed E-state index contributed by atoms with van der Waals surface area (Å²) in [5.74, 6) is -1.21. The van der Waals surface area contributed by atoms with E-state index < -0.39 is 12.1 Å². The van der Waals surface area contributed by atoms with Crippen LogP contribution in [0.15, 0.2) is 42.5 Å². The number of rotatable bonds is 4. The van der Waals surface area contributed by atoms with Crippen LogP contribution in [0.2, 0.25) is 0 Å². The first kappa shape index (κ1) is 18.0. The fourth-order valence-electron chi connectivity index (χ4n) is 3.28. The van der Waals surface area contributed by atoms with E-state index in [4.69, 9.17) is 4.74 Å². The first-order chi connectivity index (χ1) is 12.5. The first-order valence-electron chi connectivity index (χ1n) is 8.84. The fourth-order valence-corrected chi connectivity index (χ4v) is 3.28. The average Bonchev–Trinajstić information content (AvgIpc) is 2.63. The summed E-state index contributed by atoms with van der Waals surface area (Å²) in [6.45, 7) is 3.35. The Labute approximate surface area is 153 Å². The van der Waals surface area contributed by atoms with Gasteiger partial charge in [0, 0.05) is 0 Å². The number of aromatic hydroxyl groups is 1. The second kappa shape index (κ2) is 7.60. The molecule has 0 saturated carbocycles. The number of fused-ring (bicyclic) bond motifs is 1. The molecule has 0 saturated heterocycles. The van der Waals surface area contributed by atoms with Crippen molar-refractivity contribution in [1.29, 1.82) is 0 Å². The van der Waals surface area contributed by atoms with Crippen molar-refractivity contribution in [3.05, 3.63) is 64.7 Å². The van der Waals surface area contributed by atoms with Crippen molar-refractivity contribution in [3.8, 4) is 5.75 Å². The Morgan fingerprint density at radius 3 is 2.81 bits per heavy atom. The molecule has 0 bridgehead atoms. The minimum absolute atomic E-state index is 0.0627. The molecule has 5 nitrogen and oxygen atoms in total. The summed E-state index contributed by atoms with van der Waals surface area (Å²) in [6, 6.07) is 12.7. The van der Waals surface area contributed by atoms with E-state index in [1.165, 1.54) is 18.6 Å². The summed E-state index contributed by atoms with van der Waals surface area (Å²) in [4.78, 5) is 24.7. The van der Waals surface area contributed by atoms with Crippen LogP contribution in [-0.2, 0) is 16.0 Å². The molecule has 0 aliphatic heterocycles. The Kier molecular flexibility index (Phi) is 5.26. The van der Waals surface area contributed by atoms with Gasteiger partial charge < -0.3 is 15.2 Å². The van der Waals surface area contributed by atoms with Gasteiger partial charge in [0.1, 0.15) is 11.3 Å². The van der Waals surface area contributed by atoms with Crippen molar-refractivity contribution in [2.24, 2.45) is 0 Å². The molecular weight excluding hydrogens is 330 g/mol. The number of carbonyl (C=O) groups is 2. The summed E-state index contributed by atoms with van der Waals surface area (Å²) < 4.78 is 5.25. The summed E-state index contributed by atoms with van der Waals surface area (Å²) in [5, 5.41) is 12.8. The molecule has 2 aromatic rings. The molecular formula is C21H23NO4. The molecule has 0 fully saturated rings. The molecule has 0 radical (unpaired) electrons. The lowest BCUT2D eigenvalue weighted by Gasteiger charge is -2.27. The van der Waals surface area contributed by atoms with Crippen LogP contribution in [0, 0.1) is 6.92 Å². The highest BCUT2D eigenvalue weighted by Crippen LogP contribution is 2.29. The molecule has 1 amide bonds. The summed E-state index contributed by atoms with van der Waals surface area (Å²) in [7, 11) is 0. The number of esters is 1. The molecule has 0 aromatic heterocycles. The van der Waals surface area contributed by atoms with Gasteiger partial charge in [-0.1, -0.05) is 35.9 Å². The maximum absolute atomic E-state index is 12.5. The van der Waals surface area contributed by atoms with Crippen LogP contribution >= 0.6 is 0 Å². The molecule has 5 heteroatoms. The van der Waals surface area contributed by atoms with E-state index in [1.54, 1.807) is 12.1 Å². The molecule has 3 rings (SSSR count). The minimum atomic E-state index is -0.948. The van der Waals surface area contributed by atoms with Crippen LogP contribution in [0.25, 0.3) is 0 Å². The Hall–Kier alpha value is -2.82. The lowest BCUT2D eigenvalue weighted by Crippen LogP contribution is -2.39. The van der Waals surface area contributed by atoms with Gasteiger partial charge in [-0.3, -0.25) is 4.79 Å². The van der Waals surface area contributed by atoms with Gasteiger partial charge in [0.05, 0.1) is 6.04 Å². The third-order valence-electron chi connectivity index (χ3n) is 4.71. The second-order valence-electron chi connectivity index (χ2n) is 6.72. The van der Waals surface area contributed by atoms with Crippen LogP contribution in [0.5, 0.6) is 5.75 Å². The highest BCUT2D eigenvalue weighted by Gasteiger charge is 2.26. The number of nitrogens with one attached hydrogen (secondary N) is 1. The molecule has 1 aliphatic carbocycles. The third-order valence-corrected chi connectivity index (χ3v) is 4.71. The van der Waals surface area contributed by atoms with Gasteiger partial charge in [-0.25, -0.2) is 4.79 Å². The van der Waals surface area contributed by atoms with Gasteiger partial charge in [0.25, 0.3) is 5.91 Å². The Morgan fingerprint density at radius 1 is 1.23 bits per heavy atom. The molecule has 0 unspecified atom stereocenters. The fraction of sp³-hybridized carbons (Fsp3) is 0.333. The lowest BCUT2D eigenvalue weighted by atomic mass is 9.87. The number of hydrogen-bond acceptors (Lipinski definition) is 4. The predicted molar refractivity (Wildman–Crippen MR) is 98.0 cm³/mol. The topological polar surface area (TPSA) is 75.6 Å². The van der Waals surface area contributed by atoms with Gasteiger partial charge in [0.15, 0.2) is 6.10 Å². The molecule has 136 valence electrons. The minimum Gasteiger partial charge on any atom is -0.507 e. The standard InChI is InChI=1S/C21H23NO4/c1-13-10-11-19(23)17(12-13)21(25)26-14(2)20(24)22-18-9-5-7-15-6-3-4-8-16(15)18/h3-4,6,8,10-12,14,18,23H,5,7,9H2,1-2H3,(H,22,24)/t14-,18-/m0/s1.